The summed E-state index contributed by atoms with van der Waals surface area (Å²) in [5.41, 5.74) is 2.48. The first-order valence-electron chi connectivity index (χ1n) is 7.55. The van der Waals surface area contributed by atoms with Crippen LogP contribution in [-0.4, -0.2) is 0 Å². The zero-order valence-electron chi connectivity index (χ0n) is 12.2. The number of hydrogen-bond acceptors (Lipinski definition) is 0. The normalized spacial score (nSPS) is 11.5. The summed E-state index contributed by atoms with van der Waals surface area (Å²) >= 11 is 0. The molecular formula is C22H16. The van der Waals surface area contributed by atoms with Crippen LogP contribution in [0.3, 0.4) is 0 Å². The third-order valence-corrected chi connectivity index (χ3v) is 4.04. The monoisotopic (exact) mass is 280 g/mol. The highest BCUT2D eigenvalue weighted by molar-refractivity contribution is 6.02. The van der Waals surface area contributed by atoms with E-state index in [1.165, 1.54) is 32.7 Å². The molecule has 0 aliphatic rings. The van der Waals surface area contributed by atoms with E-state index >= 15 is 0 Å². The lowest BCUT2D eigenvalue weighted by Gasteiger charge is -2.05. The Balaban J connectivity index is 1.87. The summed E-state index contributed by atoms with van der Waals surface area (Å²) in [5, 5.41) is 5.16. The summed E-state index contributed by atoms with van der Waals surface area (Å²) in [5.74, 6) is 0. The van der Waals surface area contributed by atoms with Gasteiger partial charge >= 0.3 is 0 Å². The van der Waals surface area contributed by atoms with E-state index in [0.29, 0.717) is 0 Å². The topological polar surface area (TPSA) is 0 Å². The molecule has 0 heterocycles. The third-order valence-electron chi connectivity index (χ3n) is 4.04. The first-order valence-corrected chi connectivity index (χ1v) is 7.55. The van der Waals surface area contributed by atoms with Gasteiger partial charge in [-0.15, -0.1) is 0 Å². The summed E-state index contributed by atoms with van der Waals surface area (Å²) in [6, 6.07) is 30.0. The van der Waals surface area contributed by atoms with Gasteiger partial charge in [-0.2, -0.15) is 0 Å². The Labute approximate surface area is 130 Å². The average Bonchev–Trinajstić information content (AvgIpc) is 2.59. The predicted octanol–water partition coefficient (Wildman–Crippen LogP) is 6.16. The molecule has 0 unspecified atom stereocenters. The second-order valence-corrected chi connectivity index (χ2v) is 5.51. The van der Waals surface area contributed by atoms with Gasteiger partial charge in [0.1, 0.15) is 0 Å². The number of benzene rings is 4. The van der Waals surface area contributed by atoms with E-state index in [-0.39, 0.29) is 0 Å². The van der Waals surface area contributed by atoms with Gasteiger partial charge in [0.05, 0.1) is 0 Å². The molecule has 0 atom stereocenters. The molecule has 0 aromatic heterocycles. The van der Waals surface area contributed by atoms with Gasteiger partial charge < -0.3 is 0 Å². The van der Waals surface area contributed by atoms with Crippen LogP contribution in [0, 0.1) is 0 Å². The van der Waals surface area contributed by atoms with Crippen LogP contribution < -0.4 is 0 Å². The Morgan fingerprint density at radius 3 is 2.00 bits per heavy atom. The SMILES string of the molecule is C(=C/c1cccc2cc3ccccc3cc12)/c1ccccc1. The molecule has 0 spiro atoms. The zero-order valence-corrected chi connectivity index (χ0v) is 12.2. The Hall–Kier alpha value is -2.86. The van der Waals surface area contributed by atoms with Crippen molar-refractivity contribution in [1.82, 2.24) is 0 Å². The standard InChI is InChI=1S/C22H16/c1-2-7-17(8-3-1)13-14-18-11-6-12-21-15-19-9-4-5-10-20(19)16-22(18)21/h1-16H/b14-13-. The van der Waals surface area contributed by atoms with Gasteiger partial charge in [-0.3, -0.25) is 0 Å². The highest BCUT2D eigenvalue weighted by Gasteiger charge is 2.01. The molecule has 0 nitrogen and oxygen atoms in total. The van der Waals surface area contributed by atoms with Crippen LogP contribution in [0.4, 0.5) is 0 Å². The molecular weight excluding hydrogens is 264 g/mol. The van der Waals surface area contributed by atoms with Crippen molar-refractivity contribution in [2.75, 3.05) is 0 Å². The van der Waals surface area contributed by atoms with E-state index in [0.717, 1.165) is 0 Å². The molecule has 0 N–H and O–H groups in total. The van der Waals surface area contributed by atoms with Crippen LogP contribution in [0.25, 0.3) is 33.7 Å². The van der Waals surface area contributed by atoms with Gasteiger partial charge in [-0.05, 0) is 44.8 Å². The minimum Gasteiger partial charge on any atom is -0.0622 e. The number of rotatable bonds is 2. The number of hydrogen-bond donors (Lipinski definition) is 0. The molecule has 0 saturated heterocycles. The van der Waals surface area contributed by atoms with Crippen LogP contribution in [0.15, 0.2) is 84.9 Å². The second kappa shape index (κ2) is 5.50. The van der Waals surface area contributed by atoms with E-state index in [9.17, 15) is 0 Å². The fraction of sp³-hybridized carbons (Fsp3) is 0. The van der Waals surface area contributed by atoms with E-state index in [1.807, 2.05) is 6.07 Å². The fourth-order valence-electron chi connectivity index (χ4n) is 2.89. The summed E-state index contributed by atoms with van der Waals surface area (Å²) in [4.78, 5) is 0. The van der Waals surface area contributed by atoms with Crippen molar-refractivity contribution in [2.24, 2.45) is 0 Å². The van der Waals surface area contributed by atoms with Gasteiger partial charge in [0.2, 0.25) is 0 Å². The van der Waals surface area contributed by atoms with Crippen molar-refractivity contribution < 1.29 is 0 Å². The second-order valence-electron chi connectivity index (χ2n) is 5.51. The minimum atomic E-state index is 1.22. The maximum atomic E-state index is 2.29. The number of fused-ring (bicyclic) bond motifs is 2. The van der Waals surface area contributed by atoms with Gasteiger partial charge in [-0.25, -0.2) is 0 Å². The summed E-state index contributed by atoms with van der Waals surface area (Å²) in [7, 11) is 0. The Morgan fingerprint density at radius 2 is 1.18 bits per heavy atom. The maximum Gasteiger partial charge on any atom is -0.0105 e. The molecule has 0 radical (unpaired) electrons. The maximum absolute atomic E-state index is 2.29. The zero-order chi connectivity index (χ0) is 14.8. The molecule has 0 bridgehead atoms. The molecule has 4 aromatic carbocycles. The Kier molecular flexibility index (Phi) is 3.21. The van der Waals surface area contributed by atoms with E-state index in [4.69, 9.17) is 0 Å². The summed E-state index contributed by atoms with van der Waals surface area (Å²) in [6.45, 7) is 0. The van der Waals surface area contributed by atoms with Crippen molar-refractivity contribution in [3.63, 3.8) is 0 Å². The molecule has 104 valence electrons. The fourth-order valence-corrected chi connectivity index (χ4v) is 2.89. The van der Waals surface area contributed by atoms with E-state index < -0.39 is 0 Å². The largest absolute Gasteiger partial charge is 0.0622 e. The molecule has 0 amide bonds. The van der Waals surface area contributed by atoms with Crippen molar-refractivity contribution in [3.8, 4) is 0 Å². The molecule has 4 aromatic rings. The summed E-state index contributed by atoms with van der Waals surface area (Å²) in [6.07, 6.45) is 4.37. The molecule has 0 fully saturated rings. The van der Waals surface area contributed by atoms with Crippen molar-refractivity contribution >= 4 is 33.7 Å². The quantitative estimate of drug-likeness (QED) is 0.304. The minimum absolute atomic E-state index is 1.22. The van der Waals surface area contributed by atoms with Crippen molar-refractivity contribution in [1.29, 1.82) is 0 Å². The van der Waals surface area contributed by atoms with Gasteiger partial charge in [0.15, 0.2) is 0 Å². The molecule has 22 heavy (non-hydrogen) atoms. The van der Waals surface area contributed by atoms with Gasteiger partial charge in [-0.1, -0.05) is 84.9 Å². The third kappa shape index (κ3) is 2.40. The van der Waals surface area contributed by atoms with Crippen LogP contribution in [0.5, 0.6) is 0 Å². The molecule has 0 aliphatic carbocycles. The predicted molar refractivity (Wildman–Crippen MR) is 96.8 cm³/mol. The lowest BCUT2D eigenvalue weighted by Crippen LogP contribution is -1.80. The molecule has 0 heteroatoms. The van der Waals surface area contributed by atoms with Crippen LogP contribution in [0.2, 0.25) is 0 Å². The van der Waals surface area contributed by atoms with Crippen molar-refractivity contribution in [2.45, 2.75) is 0 Å². The highest BCUT2D eigenvalue weighted by Crippen LogP contribution is 2.26. The molecule has 0 saturated carbocycles. The Morgan fingerprint density at radius 1 is 0.500 bits per heavy atom. The van der Waals surface area contributed by atoms with Crippen LogP contribution in [-0.2, 0) is 0 Å². The highest BCUT2D eigenvalue weighted by atomic mass is 14.0. The lowest BCUT2D eigenvalue weighted by molar-refractivity contribution is 1.66. The van der Waals surface area contributed by atoms with Crippen molar-refractivity contribution in [3.05, 3.63) is 96.1 Å². The van der Waals surface area contributed by atoms with Gasteiger partial charge in [0.25, 0.3) is 0 Å². The van der Waals surface area contributed by atoms with E-state index in [2.05, 4.69) is 91.0 Å². The molecule has 0 aliphatic heterocycles. The smallest absolute Gasteiger partial charge is 0.0105 e. The van der Waals surface area contributed by atoms with Crippen LogP contribution in [0.1, 0.15) is 11.1 Å². The lowest BCUT2D eigenvalue weighted by atomic mass is 9.99. The average molecular weight is 280 g/mol. The van der Waals surface area contributed by atoms with E-state index in [1.54, 1.807) is 0 Å². The molecule has 4 rings (SSSR count). The Bertz CT molecular complexity index is 963. The first-order chi connectivity index (χ1) is 10.9. The first kappa shape index (κ1) is 12.8. The van der Waals surface area contributed by atoms with Gasteiger partial charge in [0, 0.05) is 0 Å². The summed E-state index contributed by atoms with van der Waals surface area (Å²) < 4.78 is 0. The van der Waals surface area contributed by atoms with Crippen LogP contribution >= 0.6 is 0 Å².